The van der Waals surface area contributed by atoms with Crippen LogP contribution in [0.4, 0.5) is 13.6 Å². The first-order valence-corrected chi connectivity index (χ1v) is 8.11. The van der Waals surface area contributed by atoms with Crippen LogP contribution in [0.3, 0.4) is 0 Å². The van der Waals surface area contributed by atoms with Crippen molar-refractivity contribution in [2.45, 2.75) is 70.5 Å². The number of hydrogen-bond acceptors (Lipinski definition) is 3. The van der Waals surface area contributed by atoms with E-state index in [2.05, 4.69) is 0 Å². The summed E-state index contributed by atoms with van der Waals surface area (Å²) in [4.78, 5) is 13.6. The van der Waals surface area contributed by atoms with Gasteiger partial charge in [-0.1, -0.05) is 0 Å². The smallest absolute Gasteiger partial charge is 0.410 e. The van der Waals surface area contributed by atoms with Gasteiger partial charge in [-0.3, -0.25) is 0 Å². The summed E-state index contributed by atoms with van der Waals surface area (Å²) in [6, 6.07) is 0. The predicted octanol–water partition coefficient (Wildman–Crippen LogP) is 3.43. The molecule has 1 amide bonds. The normalized spacial score (nSPS) is 27.7. The molecule has 2 rings (SSSR count). The number of carbonyl (C=O) groups excluding carboxylic acids is 1. The third-order valence-corrected chi connectivity index (χ3v) is 4.60. The first-order chi connectivity index (χ1) is 10.1. The van der Waals surface area contributed by atoms with Crippen LogP contribution >= 0.6 is 0 Å². The highest BCUT2D eigenvalue weighted by atomic mass is 19.3. The molecule has 6 heteroatoms. The van der Waals surface area contributed by atoms with E-state index in [0.29, 0.717) is 32.4 Å². The third-order valence-electron chi connectivity index (χ3n) is 4.60. The number of alkyl halides is 2. The van der Waals surface area contributed by atoms with Crippen LogP contribution in [0.5, 0.6) is 0 Å². The van der Waals surface area contributed by atoms with Gasteiger partial charge in [0, 0.05) is 31.8 Å². The lowest BCUT2D eigenvalue weighted by Gasteiger charge is -2.33. The van der Waals surface area contributed by atoms with Crippen LogP contribution in [0.15, 0.2) is 0 Å². The fourth-order valence-corrected chi connectivity index (χ4v) is 3.35. The highest BCUT2D eigenvalue weighted by molar-refractivity contribution is 5.68. The van der Waals surface area contributed by atoms with E-state index in [9.17, 15) is 18.7 Å². The average Bonchev–Trinajstić information content (AvgIpc) is 2.85. The molecule has 0 aromatic rings. The second-order valence-corrected chi connectivity index (χ2v) is 7.66. The summed E-state index contributed by atoms with van der Waals surface area (Å²) in [5.74, 6) is -2.69. The van der Waals surface area contributed by atoms with Crippen molar-refractivity contribution in [2.24, 2.45) is 11.8 Å². The number of likely N-dealkylation sites (tertiary alicyclic amines) is 1. The molecule has 128 valence electrons. The summed E-state index contributed by atoms with van der Waals surface area (Å²) in [6.45, 7) is 6.45. The van der Waals surface area contributed by atoms with Gasteiger partial charge in [-0.15, -0.1) is 0 Å². The van der Waals surface area contributed by atoms with Gasteiger partial charge >= 0.3 is 6.09 Å². The van der Waals surface area contributed by atoms with E-state index in [4.69, 9.17) is 4.74 Å². The Morgan fingerprint density at radius 1 is 1.23 bits per heavy atom. The molecule has 1 aliphatic heterocycles. The molecular formula is C16H27F2NO3. The largest absolute Gasteiger partial charge is 0.444 e. The summed E-state index contributed by atoms with van der Waals surface area (Å²) in [7, 11) is 0. The van der Waals surface area contributed by atoms with Crippen molar-refractivity contribution in [3.63, 3.8) is 0 Å². The standard InChI is InChI=1S/C16H27F2NO3/c1-15(2,3)22-14(21)19-9-6-12(10-19)13(20)11-4-7-16(17,18)8-5-11/h11-13,20H,4-10H2,1-3H3. The Kier molecular flexibility index (Phi) is 5.00. The van der Waals surface area contributed by atoms with Gasteiger partial charge in [-0.2, -0.15) is 0 Å². The van der Waals surface area contributed by atoms with Crippen LogP contribution in [-0.2, 0) is 4.74 Å². The molecule has 2 atom stereocenters. The SMILES string of the molecule is CC(C)(C)OC(=O)N1CCC(C(O)C2CCC(F)(F)CC2)C1. The minimum absolute atomic E-state index is 0.0377. The number of nitrogens with zero attached hydrogens (tertiary/aromatic N) is 1. The van der Waals surface area contributed by atoms with Gasteiger partial charge in [0.2, 0.25) is 5.92 Å². The Balaban J connectivity index is 1.84. The molecule has 22 heavy (non-hydrogen) atoms. The minimum Gasteiger partial charge on any atom is -0.444 e. The lowest BCUT2D eigenvalue weighted by atomic mass is 9.79. The zero-order chi connectivity index (χ0) is 16.5. The molecule has 0 spiro atoms. The van der Waals surface area contributed by atoms with Crippen LogP contribution in [0, 0.1) is 11.8 Å². The van der Waals surface area contributed by atoms with Gasteiger partial charge in [-0.25, -0.2) is 13.6 Å². The summed E-state index contributed by atoms with van der Waals surface area (Å²) in [5, 5.41) is 10.5. The van der Waals surface area contributed by atoms with Gasteiger partial charge in [0.25, 0.3) is 0 Å². The molecule has 2 aliphatic rings. The first-order valence-electron chi connectivity index (χ1n) is 8.11. The zero-order valence-corrected chi connectivity index (χ0v) is 13.6. The average molecular weight is 319 g/mol. The molecule has 1 saturated heterocycles. The van der Waals surface area contributed by atoms with Crippen molar-refractivity contribution in [1.82, 2.24) is 4.90 Å². The maximum atomic E-state index is 13.2. The lowest BCUT2D eigenvalue weighted by molar-refractivity contribution is -0.0695. The van der Waals surface area contributed by atoms with E-state index in [1.54, 1.807) is 4.90 Å². The van der Waals surface area contributed by atoms with Crippen molar-refractivity contribution in [3.05, 3.63) is 0 Å². The molecule has 0 aromatic carbocycles. The molecule has 2 unspecified atom stereocenters. The monoisotopic (exact) mass is 319 g/mol. The number of rotatable bonds is 2. The third kappa shape index (κ3) is 4.54. The van der Waals surface area contributed by atoms with Crippen LogP contribution in [0.25, 0.3) is 0 Å². The summed E-state index contributed by atoms with van der Waals surface area (Å²) in [6.07, 6.45) is 0.164. The van der Waals surface area contributed by atoms with Gasteiger partial charge in [0.15, 0.2) is 0 Å². The van der Waals surface area contributed by atoms with Crippen molar-refractivity contribution in [1.29, 1.82) is 0 Å². The van der Waals surface area contributed by atoms with Crippen LogP contribution in [0.1, 0.15) is 52.9 Å². The molecule has 1 N–H and O–H groups in total. The van der Waals surface area contributed by atoms with Crippen molar-refractivity contribution in [2.75, 3.05) is 13.1 Å². The van der Waals surface area contributed by atoms with E-state index in [0.717, 1.165) is 0 Å². The molecule has 0 radical (unpaired) electrons. The molecule has 1 aliphatic carbocycles. The van der Waals surface area contributed by atoms with Crippen LogP contribution in [-0.4, -0.2) is 46.8 Å². The number of aliphatic hydroxyl groups excluding tert-OH is 1. The number of amides is 1. The van der Waals surface area contributed by atoms with Gasteiger partial charge in [-0.05, 0) is 46.0 Å². The van der Waals surface area contributed by atoms with Gasteiger partial charge in [0.05, 0.1) is 6.10 Å². The summed E-state index contributed by atoms with van der Waals surface area (Å²) >= 11 is 0. The molecule has 0 aromatic heterocycles. The molecule has 2 fully saturated rings. The van der Waals surface area contributed by atoms with Gasteiger partial charge < -0.3 is 14.7 Å². The maximum absolute atomic E-state index is 13.2. The number of hydrogen-bond donors (Lipinski definition) is 1. The Labute approximate surface area is 130 Å². The maximum Gasteiger partial charge on any atom is 0.410 e. The van der Waals surface area contributed by atoms with Crippen molar-refractivity contribution < 1.29 is 23.4 Å². The van der Waals surface area contributed by atoms with Crippen molar-refractivity contribution >= 4 is 6.09 Å². The van der Waals surface area contributed by atoms with Crippen LogP contribution < -0.4 is 0 Å². The highest BCUT2D eigenvalue weighted by Gasteiger charge is 2.41. The molecule has 0 bridgehead atoms. The summed E-state index contributed by atoms with van der Waals surface area (Å²) in [5.41, 5.74) is -0.539. The Bertz CT molecular complexity index is 399. The fourth-order valence-electron chi connectivity index (χ4n) is 3.35. The second-order valence-electron chi connectivity index (χ2n) is 7.66. The van der Waals surface area contributed by atoms with Crippen molar-refractivity contribution in [3.8, 4) is 0 Å². The molecule has 4 nitrogen and oxygen atoms in total. The van der Waals surface area contributed by atoms with Crippen LogP contribution in [0.2, 0.25) is 0 Å². The van der Waals surface area contributed by atoms with E-state index < -0.39 is 17.6 Å². The second kappa shape index (κ2) is 6.30. The topological polar surface area (TPSA) is 49.8 Å². The van der Waals surface area contributed by atoms with E-state index in [1.807, 2.05) is 20.8 Å². The van der Waals surface area contributed by atoms with Gasteiger partial charge in [0.1, 0.15) is 5.60 Å². The number of halogens is 2. The minimum atomic E-state index is -2.57. The fraction of sp³-hybridized carbons (Fsp3) is 0.938. The molecule has 1 saturated carbocycles. The predicted molar refractivity (Wildman–Crippen MR) is 78.8 cm³/mol. The Morgan fingerprint density at radius 2 is 1.82 bits per heavy atom. The van der Waals surface area contributed by atoms with E-state index in [1.165, 1.54) is 0 Å². The number of aliphatic hydroxyl groups is 1. The number of ether oxygens (including phenoxy) is 1. The molecular weight excluding hydrogens is 292 g/mol. The summed E-state index contributed by atoms with van der Waals surface area (Å²) < 4.78 is 31.7. The molecule has 1 heterocycles. The lowest BCUT2D eigenvalue weighted by Crippen LogP contribution is -2.38. The number of carbonyl (C=O) groups is 1. The highest BCUT2D eigenvalue weighted by Crippen LogP contribution is 2.40. The Hall–Kier alpha value is -0.910. The Morgan fingerprint density at radius 3 is 2.36 bits per heavy atom. The van der Waals surface area contributed by atoms with E-state index in [-0.39, 0.29) is 30.8 Å². The zero-order valence-electron chi connectivity index (χ0n) is 13.6. The first kappa shape index (κ1) is 17.4. The van der Waals surface area contributed by atoms with E-state index >= 15 is 0 Å². The quantitative estimate of drug-likeness (QED) is 0.848.